The third kappa shape index (κ3) is 5.26. The van der Waals surface area contributed by atoms with Crippen molar-refractivity contribution < 1.29 is 29.2 Å². The van der Waals surface area contributed by atoms with E-state index in [1.165, 1.54) is 0 Å². The summed E-state index contributed by atoms with van der Waals surface area (Å²) in [6.45, 7) is 5.53. The highest BCUT2D eigenvalue weighted by Gasteiger charge is 2.56. The minimum atomic E-state index is -0.683. The number of phenols is 2. The van der Waals surface area contributed by atoms with E-state index in [1.807, 2.05) is 50.4 Å². The summed E-state index contributed by atoms with van der Waals surface area (Å²) >= 11 is 5.47. The third-order valence-electron chi connectivity index (χ3n) is 10.5. The van der Waals surface area contributed by atoms with Gasteiger partial charge in [0.2, 0.25) is 12.7 Å². The number of aryl methyl sites for hydroxylation is 1. The summed E-state index contributed by atoms with van der Waals surface area (Å²) in [5.74, 6) is 1.29. The van der Waals surface area contributed by atoms with Crippen molar-refractivity contribution >= 4 is 28.9 Å². The molecule has 0 aromatic heterocycles. The molecule has 5 N–H and O–H groups in total. The van der Waals surface area contributed by atoms with Gasteiger partial charge in [-0.3, -0.25) is 14.6 Å². The van der Waals surface area contributed by atoms with E-state index in [1.54, 1.807) is 21.0 Å². The molecule has 1 amide bonds. The Morgan fingerprint density at radius 3 is 2.57 bits per heavy atom. The summed E-state index contributed by atoms with van der Waals surface area (Å²) in [6, 6.07) is 11.3. The van der Waals surface area contributed by atoms with E-state index in [0.29, 0.717) is 51.9 Å². The maximum Gasteiger partial charge on any atom is 0.242 e. The highest BCUT2D eigenvalue weighted by molar-refractivity contribution is 7.80. The first-order chi connectivity index (χ1) is 23.5. The van der Waals surface area contributed by atoms with Crippen LogP contribution < -0.4 is 30.2 Å². The van der Waals surface area contributed by atoms with Gasteiger partial charge in [0.05, 0.1) is 25.3 Å². The highest BCUT2D eigenvalue weighted by Crippen LogP contribution is 2.58. The second kappa shape index (κ2) is 12.6. The first-order valence-electron chi connectivity index (χ1n) is 16.4. The molecule has 0 aliphatic carbocycles. The number of carbonyl (C=O) groups is 1. The number of aromatic hydroxyl groups is 2. The zero-order valence-electron chi connectivity index (χ0n) is 28.0. The molecule has 2 unspecified atom stereocenters. The standard InChI is InChI=1S/C36H40N6O6S/c1-17-11-20-12-23-25(14-37)42-24(29(41(23)4)27(20)31(44)32(17)46-5)13-22-28(34-33(47-16-48-34)18(2)30(22)43)26(42)15-38-35(45)19(3)39-36(49)40-21-9-7-6-8-10-21/h6-11,19,23-26,29,43-44H,12-13,15-16H2,1-5H3,(H,38,45)(H2,39,40,49)/t19-,23-,24?,25-,26-,29?/m0/s1. The number of nitrogens with one attached hydrogen (secondary N) is 3. The van der Waals surface area contributed by atoms with Crippen LogP contribution in [0.3, 0.4) is 0 Å². The van der Waals surface area contributed by atoms with Crippen molar-refractivity contribution in [3.05, 3.63) is 69.8 Å². The van der Waals surface area contributed by atoms with Gasteiger partial charge >= 0.3 is 0 Å². The van der Waals surface area contributed by atoms with Gasteiger partial charge in [0.15, 0.2) is 28.1 Å². The van der Waals surface area contributed by atoms with Gasteiger partial charge in [-0.1, -0.05) is 24.3 Å². The number of hydrogen-bond donors (Lipinski definition) is 5. The number of piperazine rings is 1. The number of hydrogen-bond acceptors (Lipinski definition) is 10. The maximum atomic E-state index is 13.6. The lowest BCUT2D eigenvalue weighted by atomic mass is 9.71. The number of anilines is 1. The molecular weight excluding hydrogens is 644 g/mol. The van der Waals surface area contributed by atoms with Crippen molar-refractivity contribution in [2.45, 2.75) is 69.9 Å². The molecule has 0 radical (unpaired) electrons. The summed E-state index contributed by atoms with van der Waals surface area (Å²) in [5, 5.41) is 43.7. The molecule has 0 spiro atoms. The van der Waals surface area contributed by atoms with Crippen LogP contribution in [0.15, 0.2) is 36.4 Å². The smallest absolute Gasteiger partial charge is 0.242 e. The number of fused-ring (bicyclic) bond motifs is 9. The van der Waals surface area contributed by atoms with Crippen LogP contribution >= 0.6 is 12.2 Å². The first-order valence-corrected chi connectivity index (χ1v) is 16.8. The van der Waals surface area contributed by atoms with Gasteiger partial charge in [0.1, 0.15) is 17.8 Å². The number of rotatable bonds is 6. The molecule has 4 aliphatic heterocycles. The predicted octanol–water partition coefficient (Wildman–Crippen LogP) is 3.71. The Morgan fingerprint density at radius 2 is 1.86 bits per heavy atom. The van der Waals surface area contributed by atoms with Crippen molar-refractivity contribution in [3.63, 3.8) is 0 Å². The Hall–Kier alpha value is -4.77. The van der Waals surface area contributed by atoms with Crippen LogP contribution in [0.2, 0.25) is 0 Å². The topological polar surface area (TPSA) is 152 Å². The van der Waals surface area contributed by atoms with Crippen molar-refractivity contribution in [1.82, 2.24) is 20.4 Å². The maximum absolute atomic E-state index is 13.6. The number of para-hydroxylation sites is 1. The lowest BCUT2D eigenvalue weighted by molar-refractivity contribution is -0.123. The van der Waals surface area contributed by atoms with E-state index in [4.69, 9.17) is 26.4 Å². The summed E-state index contributed by atoms with van der Waals surface area (Å²) < 4.78 is 17.5. The highest BCUT2D eigenvalue weighted by atomic mass is 32.1. The van der Waals surface area contributed by atoms with Gasteiger partial charge < -0.3 is 40.4 Å². The number of ether oxygens (including phenoxy) is 3. The number of methoxy groups -OCH3 is 1. The van der Waals surface area contributed by atoms with Crippen LogP contribution in [-0.4, -0.2) is 82.7 Å². The first kappa shape index (κ1) is 32.8. The van der Waals surface area contributed by atoms with Gasteiger partial charge in [-0.05, 0) is 76.1 Å². The normalized spacial score (nSPS) is 24.0. The molecule has 12 nitrogen and oxygen atoms in total. The van der Waals surface area contributed by atoms with Gasteiger partial charge in [-0.15, -0.1) is 0 Å². The van der Waals surface area contributed by atoms with Gasteiger partial charge in [-0.2, -0.15) is 5.26 Å². The molecule has 2 bridgehead atoms. The molecule has 4 heterocycles. The monoisotopic (exact) mass is 684 g/mol. The molecule has 4 aliphatic rings. The molecule has 7 rings (SSSR count). The molecule has 3 aromatic rings. The second-order valence-corrected chi connectivity index (χ2v) is 13.6. The number of carbonyl (C=O) groups excluding carboxylic acids is 1. The number of nitriles is 1. The third-order valence-corrected chi connectivity index (χ3v) is 10.8. The number of amides is 1. The summed E-state index contributed by atoms with van der Waals surface area (Å²) in [7, 11) is 3.53. The Kier molecular flexibility index (Phi) is 8.42. The average molecular weight is 685 g/mol. The Labute approximate surface area is 290 Å². The van der Waals surface area contributed by atoms with E-state index in [-0.39, 0.29) is 48.9 Å². The summed E-state index contributed by atoms with van der Waals surface area (Å²) in [4.78, 5) is 17.9. The predicted molar refractivity (Wildman–Crippen MR) is 186 cm³/mol. The van der Waals surface area contributed by atoms with Crippen molar-refractivity contribution in [1.29, 1.82) is 5.26 Å². The SMILES string of the molecule is COc1c(C)cc2c(c1O)C1C3Cc4c(O)c(C)c5c(c4[C@H](CNC(=O)[C@H](C)NC(=S)Nc4ccccc4)N3[C@@H](C#N)[C@H](C2)N1C)OCO5. The van der Waals surface area contributed by atoms with Crippen LogP contribution in [0.25, 0.3) is 0 Å². The van der Waals surface area contributed by atoms with Crippen molar-refractivity contribution in [3.8, 4) is 34.8 Å². The Morgan fingerprint density at radius 1 is 1.12 bits per heavy atom. The summed E-state index contributed by atoms with van der Waals surface area (Å²) in [6.07, 6.45) is 0.910. The van der Waals surface area contributed by atoms with Crippen molar-refractivity contribution in [2.75, 3.05) is 32.8 Å². The molecule has 6 atom stereocenters. The van der Waals surface area contributed by atoms with E-state index in [2.05, 4.69) is 31.8 Å². The Balaban J connectivity index is 1.27. The average Bonchev–Trinajstić information content (AvgIpc) is 3.57. The van der Waals surface area contributed by atoms with Crippen LogP contribution in [0.4, 0.5) is 5.69 Å². The fourth-order valence-corrected chi connectivity index (χ4v) is 8.64. The number of nitrogens with zero attached hydrogens (tertiary/aromatic N) is 3. The molecular formula is C36H40N6O6S. The number of benzene rings is 3. The van der Waals surface area contributed by atoms with Gasteiger partial charge in [-0.25, -0.2) is 0 Å². The second-order valence-electron chi connectivity index (χ2n) is 13.2. The lowest BCUT2D eigenvalue weighted by Gasteiger charge is -2.60. The zero-order chi connectivity index (χ0) is 34.7. The van der Waals surface area contributed by atoms with E-state index in [0.717, 1.165) is 22.4 Å². The van der Waals surface area contributed by atoms with Crippen LogP contribution in [0.1, 0.15) is 52.4 Å². The van der Waals surface area contributed by atoms with E-state index < -0.39 is 18.1 Å². The largest absolute Gasteiger partial charge is 0.507 e. The fourth-order valence-electron chi connectivity index (χ4n) is 8.34. The molecule has 256 valence electrons. The molecule has 0 saturated carbocycles. The van der Waals surface area contributed by atoms with Crippen LogP contribution in [-0.2, 0) is 17.6 Å². The van der Waals surface area contributed by atoms with Gasteiger partial charge in [0.25, 0.3) is 0 Å². The Bertz CT molecular complexity index is 1880. The van der Waals surface area contributed by atoms with Crippen molar-refractivity contribution in [2.24, 2.45) is 0 Å². The summed E-state index contributed by atoms with van der Waals surface area (Å²) in [5.41, 5.74) is 5.30. The quantitative estimate of drug-likeness (QED) is 0.241. The molecule has 13 heteroatoms. The molecule has 3 aromatic carbocycles. The number of thiocarbonyl (C=S) groups is 1. The minimum absolute atomic E-state index is 0.00253. The molecule has 1 fully saturated rings. The number of likely N-dealkylation sites (N-methyl/N-ethyl adjacent to an activating group) is 1. The van der Waals surface area contributed by atoms with E-state index in [9.17, 15) is 20.3 Å². The minimum Gasteiger partial charge on any atom is -0.507 e. The number of phenolic OH excluding ortho intramolecular Hbond substituents is 2. The van der Waals surface area contributed by atoms with Crippen LogP contribution in [0, 0.1) is 25.2 Å². The molecule has 49 heavy (non-hydrogen) atoms. The zero-order valence-corrected chi connectivity index (χ0v) is 28.9. The van der Waals surface area contributed by atoms with Crippen LogP contribution in [0.5, 0.6) is 28.7 Å². The lowest BCUT2D eigenvalue weighted by Crippen LogP contribution is -2.68. The fraction of sp³-hybridized carbons (Fsp3) is 0.417. The van der Waals surface area contributed by atoms with E-state index >= 15 is 0 Å². The molecule has 1 saturated heterocycles. The van der Waals surface area contributed by atoms with Gasteiger partial charge in [0, 0.05) is 46.6 Å².